The molecule has 1 amide bonds. The van der Waals surface area contributed by atoms with E-state index in [-0.39, 0.29) is 29.4 Å². The van der Waals surface area contributed by atoms with Crippen molar-refractivity contribution in [3.05, 3.63) is 0 Å². The molecule has 0 aliphatic carbocycles. The summed E-state index contributed by atoms with van der Waals surface area (Å²) in [7, 11) is 1.40. The molecule has 1 saturated heterocycles. The number of nitrogens with zero attached hydrogens (tertiary/aromatic N) is 1. The molecule has 0 aromatic rings. The fraction of sp³-hybridized carbons (Fsp3) is 0.846. The molecule has 2 unspecified atom stereocenters. The Bertz CT molecular complexity index is 323. The third kappa shape index (κ3) is 3.98. The number of hydrogen-bond acceptors (Lipinski definition) is 4. The first-order chi connectivity index (χ1) is 8.24. The van der Waals surface area contributed by atoms with Crippen LogP contribution in [0.15, 0.2) is 0 Å². The smallest absolute Gasteiger partial charge is 0.310 e. The maximum absolute atomic E-state index is 12.0. The first-order valence-corrected chi connectivity index (χ1v) is 6.38. The number of methoxy groups -OCH3 is 1. The fourth-order valence-electron chi connectivity index (χ4n) is 2.14. The summed E-state index contributed by atoms with van der Waals surface area (Å²) in [4.78, 5) is 25.5. The van der Waals surface area contributed by atoms with E-state index in [2.05, 4.69) is 5.32 Å². The number of ether oxygens (including phenoxy) is 1. The van der Waals surface area contributed by atoms with Crippen molar-refractivity contribution >= 4 is 11.9 Å². The van der Waals surface area contributed by atoms with Crippen LogP contribution >= 0.6 is 0 Å². The van der Waals surface area contributed by atoms with Crippen LogP contribution in [0.2, 0.25) is 0 Å². The van der Waals surface area contributed by atoms with Crippen LogP contribution in [0, 0.1) is 5.92 Å². The Balaban J connectivity index is 2.52. The van der Waals surface area contributed by atoms with Crippen LogP contribution in [0.4, 0.5) is 0 Å². The van der Waals surface area contributed by atoms with Gasteiger partial charge in [0.05, 0.1) is 19.1 Å². The molecule has 5 heteroatoms. The van der Waals surface area contributed by atoms with Gasteiger partial charge in [0.15, 0.2) is 0 Å². The third-order valence-electron chi connectivity index (χ3n) is 3.18. The van der Waals surface area contributed by atoms with Gasteiger partial charge in [0.1, 0.15) is 0 Å². The minimum absolute atomic E-state index is 0.00742. The lowest BCUT2D eigenvalue weighted by Gasteiger charge is -2.28. The van der Waals surface area contributed by atoms with Gasteiger partial charge in [-0.05, 0) is 40.7 Å². The van der Waals surface area contributed by atoms with Crippen molar-refractivity contribution in [2.24, 2.45) is 5.92 Å². The van der Waals surface area contributed by atoms with Gasteiger partial charge >= 0.3 is 5.97 Å². The summed E-state index contributed by atoms with van der Waals surface area (Å²) in [6.45, 7) is 9.11. The lowest BCUT2D eigenvalue weighted by molar-refractivity contribution is -0.145. The van der Waals surface area contributed by atoms with E-state index < -0.39 is 0 Å². The molecule has 0 aromatic heterocycles. The second-order valence-electron chi connectivity index (χ2n) is 5.92. The standard InChI is InChI=1S/C13H24N2O3/c1-9(11(16)14-13(2,3)4)15-7-6-10(8-15)12(17)18-5/h9-10H,6-8H2,1-5H3,(H,14,16). The molecule has 1 aliphatic rings. The Morgan fingerprint density at radius 2 is 2.00 bits per heavy atom. The lowest BCUT2D eigenvalue weighted by Crippen LogP contribution is -2.50. The molecule has 1 fully saturated rings. The van der Waals surface area contributed by atoms with Crippen LogP contribution in [-0.4, -0.2) is 48.6 Å². The minimum Gasteiger partial charge on any atom is -0.469 e. The van der Waals surface area contributed by atoms with Crippen LogP contribution in [0.1, 0.15) is 34.1 Å². The number of likely N-dealkylation sites (tertiary alicyclic amines) is 1. The fourth-order valence-corrected chi connectivity index (χ4v) is 2.14. The predicted molar refractivity (Wildman–Crippen MR) is 69.1 cm³/mol. The average molecular weight is 256 g/mol. The van der Waals surface area contributed by atoms with E-state index in [1.54, 1.807) is 0 Å². The molecule has 1 N–H and O–H groups in total. The van der Waals surface area contributed by atoms with Gasteiger partial charge in [-0.3, -0.25) is 14.5 Å². The predicted octanol–water partition coefficient (Wildman–Crippen LogP) is 0.785. The number of nitrogens with one attached hydrogen (secondary N) is 1. The van der Waals surface area contributed by atoms with Crippen LogP contribution in [0.25, 0.3) is 0 Å². The van der Waals surface area contributed by atoms with Crippen molar-refractivity contribution < 1.29 is 14.3 Å². The largest absolute Gasteiger partial charge is 0.469 e. The van der Waals surface area contributed by atoms with Crippen molar-refractivity contribution in [2.45, 2.75) is 45.7 Å². The van der Waals surface area contributed by atoms with Crippen molar-refractivity contribution in [2.75, 3.05) is 20.2 Å². The molecule has 104 valence electrons. The summed E-state index contributed by atoms with van der Waals surface area (Å²) >= 11 is 0. The molecule has 5 nitrogen and oxygen atoms in total. The lowest BCUT2D eigenvalue weighted by atomic mass is 10.1. The van der Waals surface area contributed by atoms with E-state index in [0.717, 1.165) is 13.0 Å². The summed E-state index contributed by atoms with van der Waals surface area (Å²) in [5.74, 6) is -0.270. The Morgan fingerprint density at radius 3 is 2.50 bits per heavy atom. The summed E-state index contributed by atoms with van der Waals surface area (Å²) in [5, 5.41) is 2.96. The molecule has 18 heavy (non-hydrogen) atoms. The second-order valence-corrected chi connectivity index (χ2v) is 5.92. The van der Waals surface area contributed by atoms with Gasteiger partial charge in [0.25, 0.3) is 0 Å². The number of carbonyl (C=O) groups excluding carboxylic acids is 2. The minimum atomic E-state index is -0.229. The summed E-state index contributed by atoms with van der Waals surface area (Å²) in [5.41, 5.74) is -0.229. The number of esters is 1. The summed E-state index contributed by atoms with van der Waals surface area (Å²) in [6, 6.07) is -0.209. The molecule has 1 aliphatic heterocycles. The molecule has 0 aromatic carbocycles. The molecule has 0 saturated carbocycles. The van der Waals surface area contributed by atoms with E-state index in [1.807, 2.05) is 32.6 Å². The second kappa shape index (κ2) is 5.69. The Hall–Kier alpha value is -1.10. The average Bonchev–Trinajstić information content (AvgIpc) is 2.73. The van der Waals surface area contributed by atoms with E-state index in [9.17, 15) is 9.59 Å². The molecule has 0 radical (unpaired) electrons. The van der Waals surface area contributed by atoms with Gasteiger partial charge in [0.2, 0.25) is 5.91 Å². The topological polar surface area (TPSA) is 58.6 Å². The Labute approximate surface area is 109 Å². The summed E-state index contributed by atoms with van der Waals surface area (Å²) in [6.07, 6.45) is 0.764. The maximum Gasteiger partial charge on any atom is 0.310 e. The maximum atomic E-state index is 12.0. The highest BCUT2D eigenvalue weighted by atomic mass is 16.5. The zero-order valence-corrected chi connectivity index (χ0v) is 11.9. The first kappa shape index (κ1) is 15.0. The van der Waals surface area contributed by atoms with Crippen molar-refractivity contribution in [1.82, 2.24) is 10.2 Å². The van der Waals surface area contributed by atoms with E-state index in [0.29, 0.717) is 6.54 Å². The monoisotopic (exact) mass is 256 g/mol. The van der Waals surface area contributed by atoms with Crippen molar-refractivity contribution in [1.29, 1.82) is 0 Å². The molecular formula is C13H24N2O3. The zero-order chi connectivity index (χ0) is 13.9. The van der Waals surface area contributed by atoms with Crippen molar-refractivity contribution in [3.63, 3.8) is 0 Å². The van der Waals surface area contributed by atoms with Crippen LogP contribution in [0.5, 0.6) is 0 Å². The summed E-state index contributed by atoms with van der Waals surface area (Å²) < 4.78 is 4.74. The van der Waals surface area contributed by atoms with Gasteiger partial charge in [-0.2, -0.15) is 0 Å². The van der Waals surface area contributed by atoms with E-state index >= 15 is 0 Å². The SMILES string of the molecule is COC(=O)C1CCN(C(C)C(=O)NC(C)(C)C)C1. The normalized spacial score (nSPS) is 22.6. The van der Waals surface area contributed by atoms with E-state index in [4.69, 9.17) is 4.74 Å². The highest BCUT2D eigenvalue weighted by Gasteiger charge is 2.34. The number of carbonyl (C=O) groups is 2. The quantitative estimate of drug-likeness (QED) is 0.758. The highest BCUT2D eigenvalue weighted by Crippen LogP contribution is 2.20. The number of rotatable bonds is 3. The van der Waals surface area contributed by atoms with Crippen LogP contribution in [-0.2, 0) is 14.3 Å². The van der Waals surface area contributed by atoms with E-state index in [1.165, 1.54) is 7.11 Å². The number of hydrogen-bond donors (Lipinski definition) is 1. The number of amides is 1. The molecule has 2 atom stereocenters. The van der Waals surface area contributed by atoms with Crippen molar-refractivity contribution in [3.8, 4) is 0 Å². The first-order valence-electron chi connectivity index (χ1n) is 6.38. The Kier molecular flexibility index (Phi) is 4.73. The molecule has 1 rings (SSSR count). The van der Waals surface area contributed by atoms with Crippen LogP contribution < -0.4 is 5.32 Å². The van der Waals surface area contributed by atoms with Gasteiger partial charge in [0, 0.05) is 12.1 Å². The van der Waals surface area contributed by atoms with Gasteiger partial charge < -0.3 is 10.1 Å². The third-order valence-corrected chi connectivity index (χ3v) is 3.18. The molecule has 1 heterocycles. The molecule has 0 bridgehead atoms. The van der Waals surface area contributed by atoms with Gasteiger partial charge in [-0.25, -0.2) is 0 Å². The molecule has 0 spiro atoms. The zero-order valence-electron chi connectivity index (χ0n) is 11.9. The van der Waals surface area contributed by atoms with Gasteiger partial charge in [-0.15, -0.1) is 0 Å². The molecular weight excluding hydrogens is 232 g/mol. The Morgan fingerprint density at radius 1 is 1.39 bits per heavy atom. The highest BCUT2D eigenvalue weighted by molar-refractivity contribution is 5.82. The van der Waals surface area contributed by atoms with Gasteiger partial charge in [-0.1, -0.05) is 0 Å². The van der Waals surface area contributed by atoms with Crippen LogP contribution in [0.3, 0.4) is 0 Å².